The first-order valence-electron chi connectivity index (χ1n) is 14.7. The number of fused-ring (bicyclic) bond motifs is 2. The molecule has 0 spiro atoms. The Kier molecular flexibility index (Phi) is 11.3. The zero-order valence-corrected chi connectivity index (χ0v) is 23.9. The van der Waals surface area contributed by atoms with Crippen LogP contribution in [0.2, 0.25) is 0 Å². The molecule has 0 aromatic heterocycles. The van der Waals surface area contributed by atoms with Gasteiger partial charge in [-0.1, -0.05) is 97.8 Å². The van der Waals surface area contributed by atoms with E-state index >= 15 is 0 Å². The van der Waals surface area contributed by atoms with Gasteiger partial charge in [0.15, 0.2) is 12.2 Å². The molecule has 2 N–H and O–H groups in total. The molecule has 0 aliphatic carbocycles. The van der Waals surface area contributed by atoms with E-state index in [4.69, 9.17) is 4.74 Å². The van der Waals surface area contributed by atoms with Crippen LogP contribution in [0.3, 0.4) is 0 Å². The number of carbonyl (C=O) groups is 2. The number of likely N-dealkylation sites (N-methyl/N-ethyl adjacent to an activating group) is 1. The summed E-state index contributed by atoms with van der Waals surface area (Å²) in [6.45, 7) is 0.701. The summed E-state index contributed by atoms with van der Waals surface area (Å²) in [5.41, 5.74) is 2.57. The largest absolute Gasteiger partial charge is 0.479 e. The monoisotopic (exact) mass is 555 g/mol. The molecule has 216 valence electrons. The lowest BCUT2D eigenvalue weighted by atomic mass is 10.0. The number of carboxylic acid groups (broad SMARTS) is 1. The number of hydrogen-bond donors (Lipinski definition) is 2. The third kappa shape index (κ3) is 8.87. The van der Waals surface area contributed by atoms with Gasteiger partial charge in [-0.3, -0.25) is 4.79 Å². The number of aryl methyl sites for hydroxylation is 2. The van der Waals surface area contributed by atoms with Crippen molar-refractivity contribution in [1.29, 1.82) is 0 Å². The van der Waals surface area contributed by atoms with Crippen molar-refractivity contribution in [2.45, 2.75) is 63.6 Å². The molecule has 0 fully saturated rings. The van der Waals surface area contributed by atoms with Crippen LogP contribution in [0, 0.1) is 0 Å². The van der Waals surface area contributed by atoms with Crippen molar-refractivity contribution in [3.63, 3.8) is 0 Å². The second-order valence-electron chi connectivity index (χ2n) is 10.8. The topological polar surface area (TPSA) is 87.1 Å². The number of nitrogens with zero attached hydrogens (tertiary/aromatic N) is 1. The van der Waals surface area contributed by atoms with Crippen LogP contribution in [-0.4, -0.2) is 59.4 Å². The SMILES string of the molecule is CN(CCCCCc1ccc2ccccc2c1)C(=O)[C@H](OCCCCCc1ccc2ccccc2c1)[C@@H](O)C(=O)O. The molecule has 0 aliphatic heterocycles. The number of aliphatic hydroxyl groups is 1. The van der Waals surface area contributed by atoms with Crippen LogP contribution >= 0.6 is 0 Å². The van der Waals surface area contributed by atoms with Gasteiger partial charge in [0.1, 0.15) is 0 Å². The Bertz CT molecular complexity index is 1430. The van der Waals surface area contributed by atoms with Crippen molar-refractivity contribution in [3.8, 4) is 0 Å². The van der Waals surface area contributed by atoms with Gasteiger partial charge < -0.3 is 19.8 Å². The Balaban J connectivity index is 1.16. The molecule has 2 atom stereocenters. The third-order valence-corrected chi connectivity index (χ3v) is 7.65. The lowest BCUT2D eigenvalue weighted by Crippen LogP contribution is -2.48. The highest BCUT2D eigenvalue weighted by Gasteiger charge is 2.34. The van der Waals surface area contributed by atoms with Gasteiger partial charge in [-0.05, 0) is 71.2 Å². The van der Waals surface area contributed by atoms with Gasteiger partial charge in [-0.2, -0.15) is 0 Å². The van der Waals surface area contributed by atoms with E-state index in [0.29, 0.717) is 13.0 Å². The van der Waals surface area contributed by atoms with Gasteiger partial charge in [-0.25, -0.2) is 4.79 Å². The maximum Gasteiger partial charge on any atom is 0.335 e. The third-order valence-electron chi connectivity index (χ3n) is 7.65. The number of carbonyl (C=O) groups excluding carboxylic acids is 1. The Labute approximate surface area is 242 Å². The maximum absolute atomic E-state index is 13.0. The van der Waals surface area contributed by atoms with Crippen molar-refractivity contribution >= 4 is 33.4 Å². The zero-order valence-electron chi connectivity index (χ0n) is 23.9. The molecule has 1 amide bonds. The molecular formula is C35H41NO5. The molecule has 4 aromatic carbocycles. The highest BCUT2D eigenvalue weighted by molar-refractivity contribution is 5.88. The molecule has 0 saturated heterocycles. The molecule has 0 aliphatic rings. The fraction of sp³-hybridized carbons (Fsp3) is 0.371. The number of aliphatic carboxylic acids is 1. The van der Waals surface area contributed by atoms with Gasteiger partial charge in [0.25, 0.3) is 5.91 Å². The summed E-state index contributed by atoms with van der Waals surface area (Å²) >= 11 is 0. The van der Waals surface area contributed by atoms with Crippen LogP contribution in [0.5, 0.6) is 0 Å². The molecule has 0 radical (unpaired) electrons. The summed E-state index contributed by atoms with van der Waals surface area (Å²) in [5.74, 6) is -1.95. The van der Waals surface area contributed by atoms with Crippen LogP contribution in [0.4, 0.5) is 0 Å². The standard InChI is InChI=1S/C35H41NO5/c1-36(22-10-2-4-12-26-18-20-28-14-6-8-16-30(28)24-26)34(38)33(32(37)35(39)40)41-23-11-3-5-13-27-19-21-29-15-7-9-17-31(29)25-27/h6-9,14-21,24-25,32-33,37H,2-5,10-13,22-23H2,1H3,(H,39,40)/t32-,33-/m1/s1. The van der Waals surface area contributed by atoms with Crippen molar-refractivity contribution in [3.05, 3.63) is 96.1 Å². The molecule has 4 rings (SSSR count). The lowest BCUT2D eigenvalue weighted by molar-refractivity contribution is -0.166. The highest BCUT2D eigenvalue weighted by atomic mass is 16.5. The summed E-state index contributed by atoms with van der Waals surface area (Å²) in [4.78, 5) is 25.9. The number of amides is 1. The molecule has 6 heteroatoms. The predicted molar refractivity (Wildman–Crippen MR) is 164 cm³/mol. The van der Waals surface area contributed by atoms with Gasteiger partial charge in [0, 0.05) is 20.2 Å². The first kappa shape index (κ1) is 30.2. The van der Waals surface area contributed by atoms with E-state index in [0.717, 1.165) is 44.9 Å². The van der Waals surface area contributed by atoms with E-state index in [1.165, 1.54) is 37.6 Å². The first-order chi connectivity index (χ1) is 19.9. The molecular weight excluding hydrogens is 514 g/mol. The number of carboxylic acids is 1. The van der Waals surface area contributed by atoms with Crippen LogP contribution in [-0.2, 0) is 27.2 Å². The molecule has 6 nitrogen and oxygen atoms in total. The minimum Gasteiger partial charge on any atom is -0.479 e. The fourth-order valence-electron chi connectivity index (χ4n) is 5.22. The minimum atomic E-state index is -1.89. The average Bonchev–Trinajstić information content (AvgIpc) is 2.99. The molecule has 4 aromatic rings. The highest BCUT2D eigenvalue weighted by Crippen LogP contribution is 2.19. The first-order valence-corrected chi connectivity index (χ1v) is 14.7. The van der Waals surface area contributed by atoms with Crippen molar-refractivity contribution < 1.29 is 24.5 Å². The average molecular weight is 556 g/mol. The van der Waals surface area contributed by atoms with E-state index in [1.807, 2.05) is 24.3 Å². The lowest BCUT2D eigenvalue weighted by Gasteiger charge is -2.25. The summed E-state index contributed by atoms with van der Waals surface area (Å²) in [6.07, 6.45) is 3.85. The predicted octanol–water partition coefficient (Wildman–Crippen LogP) is 6.41. The van der Waals surface area contributed by atoms with E-state index in [9.17, 15) is 19.8 Å². The molecule has 0 unspecified atom stereocenters. The van der Waals surface area contributed by atoms with Gasteiger partial charge in [0.05, 0.1) is 0 Å². The quantitative estimate of drug-likeness (QED) is 0.156. The number of hydrogen-bond acceptors (Lipinski definition) is 4. The molecule has 0 bridgehead atoms. The normalized spacial score (nSPS) is 12.8. The van der Waals surface area contributed by atoms with E-state index in [2.05, 4.69) is 60.7 Å². The van der Waals surface area contributed by atoms with Gasteiger partial charge >= 0.3 is 5.97 Å². The van der Waals surface area contributed by atoms with Crippen LogP contribution in [0.25, 0.3) is 21.5 Å². The van der Waals surface area contributed by atoms with Crippen molar-refractivity contribution in [2.75, 3.05) is 20.2 Å². The summed E-state index contributed by atoms with van der Waals surface area (Å²) in [6, 6.07) is 29.6. The maximum atomic E-state index is 13.0. The van der Waals surface area contributed by atoms with Crippen LogP contribution in [0.15, 0.2) is 84.9 Å². The molecule has 0 saturated carbocycles. The van der Waals surface area contributed by atoms with E-state index in [1.54, 1.807) is 7.05 Å². The Hall–Kier alpha value is -3.74. The zero-order chi connectivity index (χ0) is 29.0. The Morgan fingerprint density at radius 1 is 0.707 bits per heavy atom. The van der Waals surface area contributed by atoms with E-state index in [-0.39, 0.29) is 6.61 Å². The smallest absolute Gasteiger partial charge is 0.335 e. The molecule has 41 heavy (non-hydrogen) atoms. The molecule has 0 heterocycles. The van der Waals surface area contributed by atoms with E-state index < -0.39 is 24.1 Å². The summed E-state index contributed by atoms with van der Waals surface area (Å²) < 4.78 is 5.66. The Morgan fingerprint density at radius 2 is 1.22 bits per heavy atom. The summed E-state index contributed by atoms with van der Waals surface area (Å²) in [7, 11) is 1.64. The Morgan fingerprint density at radius 3 is 1.76 bits per heavy atom. The summed E-state index contributed by atoms with van der Waals surface area (Å²) in [5, 5.41) is 24.5. The number of unbranched alkanes of at least 4 members (excludes halogenated alkanes) is 4. The van der Waals surface area contributed by atoms with Crippen LogP contribution < -0.4 is 0 Å². The second kappa shape index (κ2) is 15.3. The van der Waals surface area contributed by atoms with Crippen molar-refractivity contribution in [2.24, 2.45) is 0 Å². The second-order valence-corrected chi connectivity index (χ2v) is 10.8. The van der Waals surface area contributed by atoms with Gasteiger partial charge in [-0.15, -0.1) is 0 Å². The number of benzene rings is 4. The fourth-order valence-corrected chi connectivity index (χ4v) is 5.22. The number of ether oxygens (including phenoxy) is 1. The van der Waals surface area contributed by atoms with Crippen LogP contribution in [0.1, 0.15) is 49.7 Å². The van der Waals surface area contributed by atoms with Crippen molar-refractivity contribution in [1.82, 2.24) is 4.90 Å². The number of aliphatic hydroxyl groups excluding tert-OH is 1. The van der Waals surface area contributed by atoms with Gasteiger partial charge in [0.2, 0.25) is 0 Å². The minimum absolute atomic E-state index is 0.220. The number of rotatable bonds is 16.